The van der Waals surface area contributed by atoms with Gasteiger partial charge in [0.05, 0.1) is 12.0 Å². The molecule has 6 aliphatic rings. The molecule has 2 N–H and O–H groups in total. The second-order valence-corrected chi connectivity index (χ2v) is 18.2. The lowest BCUT2D eigenvalue weighted by molar-refractivity contribution is -0.213. The predicted molar refractivity (Wildman–Crippen MR) is 171 cm³/mol. The summed E-state index contributed by atoms with van der Waals surface area (Å²) in [7, 11) is 0. The number of nitrogens with one attached hydrogen (secondary N) is 1. The van der Waals surface area contributed by atoms with Crippen molar-refractivity contribution in [2.45, 2.75) is 157 Å². The van der Waals surface area contributed by atoms with Gasteiger partial charge < -0.3 is 15.2 Å². The molecule has 5 heteroatoms. The summed E-state index contributed by atoms with van der Waals surface area (Å²) in [6, 6.07) is 0.464. The van der Waals surface area contributed by atoms with Gasteiger partial charge in [-0.15, -0.1) is 0 Å². The van der Waals surface area contributed by atoms with Crippen molar-refractivity contribution in [3.05, 3.63) is 11.6 Å². The van der Waals surface area contributed by atoms with Gasteiger partial charge in [-0.3, -0.25) is 9.59 Å². The normalized spacial score (nSPS) is 45.4. The molecule has 0 spiro atoms. The Bertz CT molecular complexity index is 1150. The quantitative estimate of drug-likeness (QED) is 0.246. The summed E-state index contributed by atoms with van der Waals surface area (Å²) in [6.07, 6.45) is 18.8. The molecule has 5 fully saturated rings. The Hall–Kier alpha value is -1.36. The lowest BCUT2D eigenvalue weighted by atomic mass is 9.33. The first-order valence-electron chi connectivity index (χ1n) is 18.0. The van der Waals surface area contributed by atoms with Gasteiger partial charge in [-0.05, 0) is 116 Å². The fraction of sp³-hybridized carbons (Fsp3) is 0.895. The first-order valence-corrected chi connectivity index (χ1v) is 18.0. The second-order valence-electron chi connectivity index (χ2n) is 18.2. The number of carboxylic acid groups (broad SMARTS) is 1. The highest BCUT2D eigenvalue weighted by atomic mass is 16.5. The number of fused-ring (bicyclic) bond motifs is 7. The van der Waals surface area contributed by atoms with E-state index in [1.807, 2.05) is 0 Å². The van der Waals surface area contributed by atoms with Gasteiger partial charge in [0.2, 0.25) is 0 Å². The highest BCUT2D eigenvalue weighted by Crippen LogP contribution is 2.75. The maximum absolute atomic E-state index is 13.1. The molecule has 0 aromatic rings. The van der Waals surface area contributed by atoms with Gasteiger partial charge in [-0.1, -0.05) is 79.4 Å². The highest BCUT2D eigenvalue weighted by molar-refractivity contribution is 5.76. The lowest BCUT2D eigenvalue weighted by Gasteiger charge is -2.71. The molecule has 0 radical (unpaired) electrons. The minimum atomic E-state index is -0.582. The number of allylic oxidation sites excluding steroid dienone is 2. The number of esters is 1. The van der Waals surface area contributed by atoms with E-state index in [1.54, 1.807) is 0 Å². The summed E-state index contributed by atoms with van der Waals surface area (Å²) < 4.78 is 6.30. The average molecular weight is 596 g/mol. The van der Waals surface area contributed by atoms with Crippen LogP contribution >= 0.6 is 0 Å². The Labute approximate surface area is 261 Å². The molecule has 5 saturated carbocycles. The van der Waals surface area contributed by atoms with Crippen LogP contribution in [0.25, 0.3) is 0 Å². The van der Waals surface area contributed by atoms with Gasteiger partial charge in [0.15, 0.2) is 0 Å². The van der Waals surface area contributed by atoms with Crippen molar-refractivity contribution in [3.63, 3.8) is 0 Å². The molecule has 0 unspecified atom stereocenters. The minimum absolute atomic E-state index is 0.0313. The Morgan fingerprint density at radius 2 is 1.56 bits per heavy atom. The summed E-state index contributed by atoms with van der Waals surface area (Å²) >= 11 is 0. The number of hydrogen-bond donors (Lipinski definition) is 2. The van der Waals surface area contributed by atoms with E-state index in [0.717, 1.165) is 57.8 Å². The summed E-state index contributed by atoms with van der Waals surface area (Å²) in [5.41, 5.74) is 1.41. The molecular formula is C38H61NO4. The van der Waals surface area contributed by atoms with E-state index in [2.05, 4.69) is 59.9 Å². The first kappa shape index (κ1) is 31.6. The van der Waals surface area contributed by atoms with Crippen molar-refractivity contribution in [2.24, 2.45) is 50.2 Å². The van der Waals surface area contributed by atoms with Crippen molar-refractivity contribution in [2.75, 3.05) is 6.54 Å². The molecule has 6 aliphatic carbocycles. The fourth-order valence-electron chi connectivity index (χ4n) is 12.5. The van der Waals surface area contributed by atoms with Crippen LogP contribution < -0.4 is 5.32 Å². The van der Waals surface area contributed by atoms with Gasteiger partial charge in [-0.2, -0.15) is 0 Å². The molecule has 242 valence electrons. The molecule has 0 saturated heterocycles. The Morgan fingerprint density at radius 1 is 0.860 bits per heavy atom. The number of ether oxygens (including phenoxy) is 1. The van der Waals surface area contributed by atoms with E-state index >= 15 is 0 Å². The molecule has 6 rings (SSSR count). The van der Waals surface area contributed by atoms with E-state index < -0.39 is 11.4 Å². The Morgan fingerprint density at radius 3 is 2.26 bits per heavy atom. The zero-order chi connectivity index (χ0) is 31.1. The van der Waals surface area contributed by atoms with E-state index in [1.165, 1.54) is 44.1 Å². The van der Waals surface area contributed by atoms with Gasteiger partial charge in [-0.25, -0.2) is 0 Å². The van der Waals surface area contributed by atoms with Crippen LogP contribution in [-0.2, 0) is 14.3 Å². The summed E-state index contributed by atoms with van der Waals surface area (Å²) in [5, 5.41) is 14.1. The molecular weight excluding hydrogens is 534 g/mol. The molecule has 0 aromatic heterocycles. The third-order valence-corrected chi connectivity index (χ3v) is 15.4. The highest BCUT2D eigenvalue weighted by Gasteiger charge is 2.69. The smallest absolute Gasteiger partial charge is 0.320 e. The molecule has 8 atom stereocenters. The molecule has 0 amide bonds. The van der Waals surface area contributed by atoms with Crippen molar-refractivity contribution in [1.29, 1.82) is 0 Å². The first-order chi connectivity index (χ1) is 20.1. The van der Waals surface area contributed by atoms with Gasteiger partial charge in [0.25, 0.3) is 0 Å². The summed E-state index contributed by atoms with van der Waals surface area (Å²) in [6.45, 7) is 17.5. The van der Waals surface area contributed by atoms with Gasteiger partial charge >= 0.3 is 11.9 Å². The van der Waals surface area contributed by atoms with Crippen LogP contribution in [0.3, 0.4) is 0 Å². The monoisotopic (exact) mass is 595 g/mol. The molecule has 0 heterocycles. The van der Waals surface area contributed by atoms with E-state index in [-0.39, 0.29) is 45.1 Å². The number of carboxylic acids is 1. The molecule has 0 aromatic carbocycles. The van der Waals surface area contributed by atoms with Crippen molar-refractivity contribution < 1.29 is 19.4 Å². The van der Waals surface area contributed by atoms with Crippen LogP contribution in [-0.4, -0.2) is 35.7 Å². The minimum Gasteiger partial charge on any atom is -0.481 e. The summed E-state index contributed by atoms with van der Waals surface area (Å²) in [5.74, 6) is 0.590. The third-order valence-electron chi connectivity index (χ3n) is 15.4. The number of carbonyl (C=O) groups excluding carboxylic acids is 1. The Balaban J connectivity index is 1.23. The molecule has 0 bridgehead atoms. The Kier molecular flexibility index (Phi) is 7.79. The molecule has 43 heavy (non-hydrogen) atoms. The molecule has 0 aliphatic heterocycles. The zero-order valence-corrected chi connectivity index (χ0v) is 28.4. The average Bonchev–Trinajstić information content (AvgIpc) is 2.94. The number of hydrogen-bond acceptors (Lipinski definition) is 4. The second kappa shape index (κ2) is 10.6. The number of carbonyl (C=O) groups is 2. The van der Waals surface area contributed by atoms with Crippen molar-refractivity contribution in [1.82, 2.24) is 5.32 Å². The SMILES string of the molecule is CC1(C)CC[C@]2(C(=O)O)CC[C@]3(C)C(=CC[C@@H]4[C@@]5(C)CC[C@H](OC(=O)CNC6CCCCC6)C(C)(C)[C@@H]5CC[C@]43C)[C@@H]2C1. The standard InChI is InChI=1S/C38H61NO4/c1-33(2)19-21-38(32(41)42)22-20-36(6)26(27(38)23-33)13-14-29-35(5)17-16-30(34(3,4)28(35)15-18-37(29,36)7)43-31(40)24-39-25-11-9-8-10-12-25/h13,25,27-30,39H,8-12,14-24H2,1-7H3,(H,41,42)/t27-,28-,29+,30-,35-,36+,37+,38-/m0/s1. The number of aliphatic carboxylic acids is 1. The summed E-state index contributed by atoms with van der Waals surface area (Å²) in [4.78, 5) is 26.0. The fourth-order valence-corrected chi connectivity index (χ4v) is 12.5. The van der Waals surface area contributed by atoms with Crippen molar-refractivity contribution >= 4 is 11.9 Å². The van der Waals surface area contributed by atoms with Gasteiger partial charge in [0, 0.05) is 11.5 Å². The van der Waals surface area contributed by atoms with E-state index in [0.29, 0.717) is 24.4 Å². The zero-order valence-electron chi connectivity index (χ0n) is 28.4. The van der Waals surface area contributed by atoms with Crippen molar-refractivity contribution in [3.8, 4) is 0 Å². The van der Waals surface area contributed by atoms with Crippen LogP contribution in [0, 0.1) is 50.2 Å². The maximum Gasteiger partial charge on any atom is 0.320 e. The van der Waals surface area contributed by atoms with E-state index in [9.17, 15) is 14.7 Å². The molecule has 5 nitrogen and oxygen atoms in total. The lowest BCUT2D eigenvalue weighted by Crippen LogP contribution is -2.65. The number of rotatable bonds is 5. The van der Waals surface area contributed by atoms with Gasteiger partial charge in [0.1, 0.15) is 6.10 Å². The third kappa shape index (κ3) is 4.78. The van der Waals surface area contributed by atoms with Crippen LogP contribution in [0.5, 0.6) is 0 Å². The topological polar surface area (TPSA) is 75.6 Å². The maximum atomic E-state index is 13.1. The van der Waals surface area contributed by atoms with Crippen LogP contribution in [0.15, 0.2) is 11.6 Å². The van der Waals surface area contributed by atoms with E-state index in [4.69, 9.17) is 4.74 Å². The van der Waals surface area contributed by atoms with Crippen LogP contribution in [0.1, 0.15) is 145 Å². The largest absolute Gasteiger partial charge is 0.481 e. The van der Waals surface area contributed by atoms with Crippen LogP contribution in [0.2, 0.25) is 0 Å². The predicted octanol–water partition coefficient (Wildman–Crippen LogP) is 8.71. The van der Waals surface area contributed by atoms with Crippen LogP contribution in [0.4, 0.5) is 0 Å².